The Kier molecular flexibility index (Phi) is 1.93. The van der Waals surface area contributed by atoms with Crippen LogP contribution in [0.1, 0.15) is 20.9 Å². The van der Waals surface area contributed by atoms with E-state index in [1.54, 1.807) is 0 Å². The molecule has 15 heavy (non-hydrogen) atoms. The van der Waals surface area contributed by atoms with Crippen LogP contribution in [0.2, 0.25) is 0 Å². The molecule has 1 aromatic heterocycles. The van der Waals surface area contributed by atoms with Gasteiger partial charge in [0, 0.05) is 5.39 Å². The highest BCUT2D eigenvalue weighted by atomic mass is 16.4. The van der Waals surface area contributed by atoms with Crippen LogP contribution in [0, 0.1) is 0 Å². The minimum Gasteiger partial charge on any atom is -0.478 e. The van der Waals surface area contributed by atoms with Gasteiger partial charge in [-0.15, -0.1) is 0 Å². The summed E-state index contributed by atoms with van der Waals surface area (Å²) in [7, 11) is 0. The number of carbonyl (C=O) groups excluding carboxylic acids is 1. The number of primary amides is 1. The van der Waals surface area contributed by atoms with Crippen LogP contribution in [-0.2, 0) is 0 Å². The molecule has 0 bridgehead atoms. The maximum atomic E-state index is 10.8. The van der Waals surface area contributed by atoms with Gasteiger partial charge in [0.2, 0.25) is 0 Å². The highest BCUT2D eigenvalue weighted by Crippen LogP contribution is 2.20. The van der Waals surface area contributed by atoms with Crippen LogP contribution in [-0.4, -0.2) is 17.0 Å². The zero-order valence-electron chi connectivity index (χ0n) is 7.56. The first-order chi connectivity index (χ1) is 7.08. The molecule has 76 valence electrons. The second-order valence-corrected chi connectivity index (χ2v) is 3.03. The first kappa shape index (κ1) is 9.26. The van der Waals surface area contributed by atoms with Crippen LogP contribution in [0.5, 0.6) is 0 Å². The molecule has 3 N–H and O–H groups in total. The highest BCUT2D eigenvalue weighted by Gasteiger charge is 2.10. The lowest BCUT2D eigenvalue weighted by Gasteiger charge is -1.92. The van der Waals surface area contributed by atoms with Crippen molar-refractivity contribution in [1.29, 1.82) is 0 Å². The van der Waals surface area contributed by atoms with Gasteiger partial charge in [0.25, 0.3) is 5.91 Å². The fourth-order valence-electron chi connectivity index (χ4n) is 1.30. The van der Waals surface area contributed by atoms with Crippen LogP contribution in [0.4, 0.5) is 0 Å². The third kappa shape index (κ3) is 1.54. The number of aromatic carboxylic acids is 1. The quantitative estimate of drug-likeness (QED) is 0.770. The number of carboxylic acid groups (broad SMARTS) is 1. The van der Waals surface area contributed by atoms with E-state index in [2.05, 4.69) is 0 Å². The number of carboxylic acids is 1. The molecule has 0 saturated heterocycles. The van der Waals surface area contributed by atoms with E-state index in [0.717, 1.165) is 0 Å². The number of fused-ring (bicyclic) bond motifs is 1. The third-order valence-corrected chi connectivity index (χ3v) is 2.01. The minimum absolute atomic E-state index is 0.0209. The monoisotopic (exact) mass is 205 g/mol. The Morgan fingerprint density at radius 3 is 2.60 bits per heavy atom. The number of carbonyl (C=O) groups is 2. The van der Waals surface area contributed by atoms with Crippen molar-refractivity contribution in [3.63, 3.8) is 0 Å². The Morgan fingerprint density at radius 2 is 2.00 bits per heavy atom. The van der Waals surface area contributed by atoms with Gasteiger partial charge < -0.3 is 15.3 Å². The molecule has 2 aromatic rings. The van der Waals surface area contributed by atoms with Gasteiger partial charge in [-0.05, 0) is 24.3 Å². The van der Waals surface area contributed by atoms with Crippen LogP contribution in [0.25, 0.3) is 11.0 Å². The largest absolute Gasteiger partial charge is 0.478 e. The van der Waals surface area contributed by atoms with Crippen LogP contribution >= 0.6 is 0 Å². The van der Waals surface area contributed by atoms with Crippen LogP contribution < -0.4 is 5.73 Å². The smallest absolute Gasteiger partial charge is 0.335 e. The van der Waals surface area contributed by atoms with E-state index in [9.17, 15) is 9.59 Å². The summed E-state index contributed by atoms with van der Waals surface area (Å²) in [4.78, 5) is 21.5. The zero-order valence-corrected chi connectivity index (χ0v) is 7.56. The summed E-state index contributed by atoms with van der Waals surface area (Å²) in [6.45, 7) is 0. The van der Waals surface area contributed by atoms with Crippen molar-refractivity contribution in [2.45, 2.75) is 0 Å². The van der Waals surface area contributed by atoms with Gasteiger partial charge in [-0.25, -0.2) is 4.79 Å². The zero-order chi connectivity index (χ0) is 11.0. The molecular formula is C10H7NO4. The number of benzene rings is 1. The van der Waals surface area contributed by atoms with Gasteiger partial charge in [0.15, 0.2) is 5.76 Å². The molecule has 0 unspecified atom stereocenters. The molecule has 0 atom stereocenters. The van der Waals surface area contributed by atoms with Crippen LogP contribution in [0.3, 0.4) is 0 Å². The fraction of sp³-hybridized carbons (Fsp3) is 0. The van der Waals surface area contributed by atoms with Gasteiger partial charge >= 0.3 is 5.97 Å². The first-order valence-corrected chi connectivity index (χ1v) is 4.14. The van der Waals surface area contributed by atoms with Crippen molar-refractivity contribution in [2.24, 2.45) is 5.73 Å². The molecule has 0 saturated carbocycles. The lowest BCUT2D eigenvalue weighted by atomic mass is 10.1. The Labute approximate surface area is 84.1 Å². The average molecular weight is 205 g/mol. The summed E-state index contributed by atoms with van der Waals surface area (Å²) in [6.07, 6.45) is 0. The summed E-state index contributed by atoms with van der Waals surface area (Å²) in [5.74, 6) is -1.69. The topological polar surface area (TPSA) is 93.5 Å². The lowest BCUT2D eigenvalue weighted by Crippen LogP contribution is -2.08. The Balaban J connectivity index is 2.62. The van der Waals surface area contributed by atoms with Gasteiger partial charge in [0.05, 0.1) is 5.56 Å². The number of rotatable bonds is 2. The Bertz CT molecular complexity index is 544. The normalized spacial score (nSPS) is 10.4. The molecule has 0 radical (unpaired) electrons. The van der Waals surface area contributed by atoms with Crippen LogP contribution in [0.15, 0.2) is 28.7 Å². The summed E-state index contributed by atoms with van der Waals surface area (Å²) in [6, 6.07) is 5.74. The van der Waals surface area contributed by atoms with Crippen molar-refractivity contribution in [2.75, 3.05) is 0 Å². The molecule has 0 aliphatic rings. The van der Waals surface area contributed by atoms with E-state index in [1.165, 1.54) is 24.3 Å². The minimum atomic E-state index is -1.03. The summed E-state index contributed by atoms with van der Waals surface area (Å²) in [5.41, 5.74) is 5.60. The van der Waals surface area contributed by atoms with Crippen molar-refractivity contribution >= 4 is 22.8 Å². The molecule has 0 aliphatic carbocycles. The second kappa shape index (κ2) is 3.13. The van der Waals surface area contributed by atoms with Gasteiger partial charge in [-0.1, -0.05) is 0 Å². The van der Waals surface area contributed by atoms with E-state index in [-0.39, 0.29) is 11.3 Å². The number of nitrogens with two attached hydrogens (primary N) is 1. The van der Waals surface area contributed by atoms with Gasteiger partial charge in [0.1, 0.15) is 5.58 Å². The van der Waals surface area contributed by atoms with Gasteiger partial charge in [-0.2, -0.15) is 0 Å². The number of furan rings is 1. The van der Waals surface area contributed by atoms with Crippen molar-refractivity contribution in [3.8, 4) is 0 Å². The Morgan fingerprint density at radius 1 is 1.27 bits per heavy atom. The summed E-state index contributed by atoms with van der Waals surface area (Å²) in [5, 5.41) is 9.28. The van der Waals surface area contributed by atoms with E-state index < -0.39 is 11.9 Å². The summed E-state index contributed by atoms with van der Waals surface area (Å²) < 4.78 is 5.10. The standard InChI is InChI=1S/C10H7NO4/c11-9(12)8-4-6-3-5(10(13)14)1-2-7(6)15-8/h1-4H,(H2,11,12)(H,13,14). The third-order valence-electron chi connectivity index (χ3n) is 2.01. The molecule has 1 aromatic carbocycles. The molecule has 0 aliphatic heterocycles. The van der Waals surface area contributed by atoms with E-state index >= 15 is 0 Å². The van der Waals surface area contributed by atoms with Crippen molar-refractivity contribution in [3.05, 3.63) is 35.6 Å². The first-order valence-electron chi connectivity index (χ1n) is 4.14. The molecule has 1 amide bonds. The molecule has 0 fully saturated rings. The predicted octanol–water partition coefficient (Wildman–Crippen LogP) is 1.23. The molecular weight excluding hydrogens is 198 g/mol. The van der Waals surface area contributed by atoms with Crippen molar-refractivity contribution in [1.82, 2.24) is 0 Å². The molecule has 1 heterocycles. The lowest BCUT2D eigenvalue weighted by molar-refractivity contribution is 0.0697. The fourth-order valence-corrected chi connectivity index (χ4v) is 1.30. The molecule has 2 rings (SSSR count). The van der Waals surface area contributed by atoms with E-state index in [0.29, 0.717) is 11.0 Å². The number of hydrogen-bond donors (Lipinski definition) is 2. The predicted molar refractivity (Wildman–Crippen MR) is 51.7 cm³/mol. The summed E-state index contributed by atoms with van der Waals surface area (Å²) >= 11 is 0. The maximum absolute atomic E-state index is 10.8. The Hall–Kier alpha value is -2.30. The highest BCUT2D eigenvalue weighted by molar-refractivity contribution is 5.97. The molecule has 0 spiro atoms. The second-order valence-electron chi connectivity index (χ2n) is 3.03. The molecule has 5 nitrogen and oxygen atoms in total. The SMILES string of the molecule is NC(=O)c1cc2cc(C(=O)O)ccc2o1. The van der Waals surface area contributed by atoms with E-state index in [1.807, 2.05) is 0 Å². The average Bonchev–Trinajstić information content (AvgIpc) is 2.59. The maximum Gasteiger partial charge on any atom is 0.335 e. The van der Waals surface area contributed by atoms with E-state index in [4.69, 9.17) is 15.3 Å². The van der Waals surface area contributed by atoms with Gasteiger partial charge in [-0.3, -0.25) is 4.79 Å². The molecule has 5 heteroatoms. The number of amides is 1. The van der Waals surface area contributed by atoms with Crippen molar-refractivity contribution < 1.29 is 19.1 Å². The number of hydrogen-bond acceptors (Lipinski definition) is 3.